The third-order valence-electron chi connectivity index (χ3n) is 4.57. The number of hydrogen-bond donors (Lipinski definition) is 1. The number of pyridine rings is 1. The Bertz CT molecular complexity index is 813. The van der Waals surface area contributed by atoms with Gasteiger partial charge in [0.05, 0.1) is 11.9 Å². The molecular weight excluding hydrogens is 286 g/mol. The van der Waals surface area contributed by atoms with Gasteiger partial charge < -0.3 is 15.5 Å². The van der Waals surface area contributed by atoms with Crippen LogP contribution in [0.1, 0.15) is 0 Å². The molecule has 1 aliphatic rings. The summed E-state index contributed by atoms with van der Waals surface area (Å²) in [4.78, 5) is 9.38. The molecule has 0 amide bonds. The number of fused-ring (bicyclic) bond motifs is 1. The summed E-state index contributed by atoms with van der Waals surface area (Å²) in [7, 11) is 2.17. The average Bonchev–Trinajstić information content (AvgIpc) is 2.99. The molecule has 23 heavy (non-hydrogen) atoms. The number of piperazine rings is 1. The lowest BCUT2D eigenvalue weighted by Gasteiger charge is -2.34. The van der Waals surface area contributed by atoms with Crippen molar-refractivity contribution in [3.05, 3.63) is 48.8 Å². The number of nitrogens with zero attached hydrogens (tertiary/aromatic N) is 4. The Hall–Kier alpha value is -2.53. The molecule has 2 N–H and O–H groups in total. The second-order valence-electron chi connectivity index (χ2n) is 6.17. The van der Waals surface area contributed by atoms with E-state index in [9.17, 15) is 0 Å². The topological polar surface area (TPSA) is 49.8 Å². The molecule has 0 atom stereocenters. The third-order valence-corrected chi connectivity index (χ3v) is 4.57. The first-order chi connectivity index (χ1) is 11.2. The minimum Gasteiger partial charge on any atom is -0.399 e. The third kappa shape index (κ3) is 2.64. The summed E-state index contributed by atoms with van der Waals surface area (Å²) in [6.07, 6.45) is 4.04. The summed E-state index contributed by atoms with van der Waals surface area (Å²) < 4.78 is 2.13. The number of anilines is 2. The molecule has 0 unspecified atom stereocenters. The molecule has 0 bridgehead atoms. The maximum absolute atomic E-state index is 5.77. The van der Waals surface area contributed by atoms with Crippen molar-refractivity contribution in [1.29, 1.82) is 0 Å². The van der Waals surface area contributed by atoms with Crippen LogP contribution in [0.3, 0.4) is 0 Å². The van der Waals surface area contributed by atoms with E-state index in [1.165, 1.54) is 5.69 Å². The second kappa shape index (κ2) is 5.59. The van der Waals surface area contributed by atoms with E-state index in [1.54, 1.807) is 0 Å². The molecule has 118 valence electrons. The highest BCUT2D eigenvalue weighted by Gasteiger charge is 2.15. The van der Waals surface area contributed by atoms with Crippen molar-refractivity contribution in [2.75, 3.05) is 43.9 Å². The molecule has 3 heterocycles. The van der Waals surface area contributed by atoms with Crippen molar-refractivity contribution in [3.63, 3.8) is 0 Å². The Morgan fingerprint density at radius 3 is 2.48 bits per heavy atom. The van der Waals surface area contributed by atoms with Gasteiger partial charge in [0.2, 0.25) is 0 Å². The first kappa shape index (κ1) is 14.1. The van der Waals surface area contributed by atoms with Crippen molar-refractivity contribution in [1.82, 2.24) is 14.3 Å². The van der Waals surface area contributed by atoms with E-state index in [0.717, 1.165) is 48.8 Å². The van der Waals surface area contributed by atoms with Crippen molar-refractivity contribution >= 4 is 17.0 Å². The Kier molecular flexibility index (Phi) is 3.42. The lowest BCUT2D eigenvalue weighted by molar-refractivity contribution is 0.313. The highest BCUT2D eigenvalue weighted by molar-refractivity contribution is 5.67. The normalized spacial score (nSPS) is 16.1. The van der Waals surface area contributed by atoms with E-state index in [1.807, 2.05) is 30.5 Å². The lowest BCUT2D eigenvalue weighted by Crippen LogP contribution is -2.44. The zero-order chi connectivity index (χ0) is 15.8. The number of hydrogen-bond acceptors (Lipinski definition) is 4. The Balaban J connectivity index is 1.67. The van der Waals surface area contributed by atoms with E-state index >= 15 is 0 Å². The van der Waals surface area contributed by atoms with Crippen LogP contribution in [0, 0.1) is 0 Å². The van der Waals surface area contributed by atoms with Gasteiger partial charge in [-0.15, -0.1) is 0 Å². The zero-order valence-electron chi connectivity index (χ0n) is 13.3. The Labute approximate surface area is 136 Å². The van der Waals surface area contributed by atoms with Gasteiger partial charge in [0.25, 0.3) is 0 Å². The van der Waals surface area contributed by atoms with Gasteiger partial charge >= 0.3 is 0 Å². The van der Waals surface area contributed by atoms with Crippen LogP contribution >= 0.6 is 0 Å². The molecule has 5 heteroatoms. The quantitative estimate of drug-likeness (QED) is 0.738. The van der Waals surface area contributed by atoms with Crippen LogP contribution in [0.5, 0.6) is 0 Å². The zero-order valence-corrected chi connectivity index (χ0v) is 13.3. The molecule has 0 aliphatic carbocycles. The van der Waals surface area contributed by atoms with Gasteiger partial charge in [0.1, 0.15) is 5.65 Å². The number of nitrogen functional groups attached to an aromatic ring is 1. The second-order valence-corrected chi connectivity index (χ2v) is 6.17. The van der Waals surface area contributed by atoms with Crippen LogP contribution < -0.4 is 10.6 Å². The molecule has 0 spiro atoms. The van der Waals surface area contributed by atoms with Crippen LogP contribution in [0.15, 0.2) is 48.8 Å². The van der Waals surface area contributed by atoms with Crippen LogP contribution in [-0.2, 0) is 0 Å². The van der Waals surface area contributed by atoms with E-state index in [-0.39, 0.29) is 0 Å². The minimum absolute atomic E-state index is 0.778. The molecule has 2 aromatic heterocycles. The van der Waals surface area contributed by atoms with Gasteiger partial charge in [0.15, 0.2) is 0 Å². The summed E-state index contributed by atoms with van der Waals surface area (Å²) >= 11 is 0. The Morgan fingerprint density at radius 1 is 1.00 bits per heavy atom. The van der Waals surface area contributed by atoms with Crippen LogP contribution in [0.25, 0.3) is 16.9 Å². The standard InChI is InChI=1S/C18H21N5/c1-21-8-10-22(11-9-21)16-6-7-23-17(13-20-18(23)12-16)14-2-4-15(19)5-3-14/h2-7,12-13H,8-11,19H2,1H3. The summed E-state index contributed by atoms with van der Waals surface area (Å²) in [6, 6.07) is 12.3. The van der Waals surface area contributed by atoms with Crippen LogP contribution in [0.2, 0.25) is 0 Å². The van der Waals surface area contributed by atoms with Crippen molar-refractivity contribution in [3.8, 4) is 11.3 Å². The summed E-state index contributed by atoms with van der Waals surface area (Å²) in [5, 5.41) is 0. The first-order valence-electron chi connectivity index (χ1n) is 7.97. The number of likely N-dealkylation sites (N-methyl/N-ethyl adjacent to an activating group) is 1. The first-order valence-corrected chi connectivity index (χ1v) is 7.97. The predicted octanol–water partition coefficient (Wildman–Crippen LogP) is 2.34. The number of aromatic nitrogens is 2. The molecule has 1 saturated heterocycles. The van der Waals surface area contributed by atoms with Crippen molar-refractivity contribution in [2.24, 2.45) is 0 Å². The van der Waals surface area contributed by atoms with E-state index in [0.29, 0.717) is 0 Å². The van der Waals surface area contributed by atoms with Crippen molar-refractivity contribution < 1.29 is 0 Å². The fraction of sp³-hybridized carbons (Fsp3) is 0.278. The molecule has 0 saturated carbocycles. The molecular formula is C18H21N5. The minimum atomic E-state index is 0.778. The summed E-state index contributed by atoms with van der Waals surface area (Å²) in [5.41, 5.74) is 11.0. The molecule has 1 aromatic carbocycles. The van der Waals surface area contributed by atoms with Crippen molar-refractivity contribution in [2.45, 2.75) is 0 Å². The summed E-state index contributed by atoms with van der Waals surface area (Å²) in [6.45, 7) is 4.35. The molecule has 4 rings (SSSR count). The number of benzene rings is 1. The van der Waals surface area contributed by atoms with Gasteiger partial charge in [-0.2, -0.15) is 0 Å². The highest BCUT2D eigenvalue weighted by atomic mass is 15.2. The monoisotopic (exact) mass is 307 g/mol. The van der Waals surface area contributed by atoms with E-state index < -0.39 is 0 Å². The lowest BCUT2D eigenvalue weighted by atomic mass is 10.1. The maximum atomic E-state index is 5.77. The molecule has 1 aliphatic heterocycles. The Morgan fingerprint density at radius 2 is 1.74 bits per heavy atom. The van der Waals surface area contributed by atoms with Gasteiger partial charge in [-0.05, 0) is 25.2 Å². The fourth-order valence-electron chi connectivity index (χ4n) is 3.10. The molecule has 5 nitrogen and oxygen atoms in total. The van der Waals surface area contributed by atoms with Gasteiger partial charge in [0, 0.05) is 55.4 Å². The SMILES string of the molecule is CN1CCN(c2ccn3c(-c4ccc(N)cc4)cnc3c2)CC1. The smallest absolute Gasteiger partial charge is 0.139 e. The molecule has 1 fully saturated rings. The van der Waals surface area contributed by atoms with Gasteiger partial charge in [-0.1, -0.05) is 12.1 Å². The number of rotatable bonds is 2. The van der Waals surface area contributed by atoms with E-state index in [2.05, 4.69) is 44.6 Å². The predicted molar refractivity (Wildman–Crippen MR) is 94.8 cm³/mol. The average molecular weight is 307 g/mol. The van der Waals surface area contributed by atoms with Gasteiger partial charge in [-0.3, -0.25) is 4.40 Å². The van der Waals surface area contributed by atoms with E-state index in [4.69, 9.17) is 5.73 Å². The van der Waals surface area contributed by atoms with Gasteiger partial charge in [-0.25, -0.2) is 4.98 Å². The molecule has 3 aromatic rings. The summed E-state index contributed by atoms with van der Waals surface area (Å²) in [5.74, 6) is 0. The maximum Gasteiger partial charge on any atom is 0.139 e. The largest absolute Gasteiger partial charge is 0.399 e. The number of nitrogens with two attached hydrogens (primary N) is 1. The van der Waals surface area contributed by atoms with Crippen LogP contribution in [0.4, 0.5) is 11.4 Å². The van der Waals surface area contributed by atoms with Crippen LogP contribution in [-0.4, -0.2) is 47.5 Å². The highest BCUT2D eigenvalue weighted by Crippen LogP contribution is 2.25. The fourth-order valence-corrected chi connectivity index (χ4v) is 3.10. The molecule has 0 radical (unpaired) electrons. The number of imidazole rings is 1.